The van der Waals surface area contributed by atoms with Gasteiger partial charge in [0.05, 0.1) is 24.3 Å². The zero-order valence-corrected chi connectivity index (χ0v) is 12.3. The second-order valence-electron chi connectivity index (χ2n) is 4.40. The van der Waals surface area contributed by atoms with E-state index in [4.69, 9.17) is 0 Å². The van der Waals surface area contributed by atoms with E-state index in [-0.39, 0.29) is 37.2 Å². The normalized spacial score (nSPS) is 11.1. The number of benzene rings is 1. The average molecular weight is 318 g/mol. The third kappa shape index (κ3) is 5.05. The third-order valence-electron chi connectivity index (χ3n) is 2.83. The monoisotopic (exact) mass is 318 g/mol. The summed E-state index contributed by atoms with van der Waals surface area (Å²) in [6.07, 6.45) is -4.89. The fraction of sp³-hybridized carbons (Fsp3) is 0.467. The Hall–Kier alpha value is -2.05. The first kappa shape index (κ1) is 18.0. The number of rotatable bonds is 6. The van der Waals surface area contributed by atoms with Gasteiger partial charge in [-0.2, -0.15) is 13.2 Å². The molecule has 0 N–H and O–H groups in total. The molecule has 0 aliphatic heterocycles. The first-order valence-electron chi connectivity index (χ1n) is 6.82. The first-order chi connectivity index (χ1) is 10.3. The number of carbonyl (C=O) groups excluding carboxylic acids is 2. The van der Waals surface area contributed by atoms with Crippen molar-refractivity contribution in [3.05, 3.63) is 34.9 Å². The number of carbonyl (C=O) groups is 2. The maximum absolute atomic E-state index is 13.1. The van der Waals surface area contributed by atoms with Crippen molar-refractivity contribution in [3.8, 4) is 0 Å². The minimum atomic E-state index is -4.62. The molecule has 0 saturated heterocycles. The van der Waals surface area contributed by atoms with Crippen LogP contribution in [0.3, 0.4) is 0 Å². The smallest absolute Gasteiger partial charge is 0.416 e. The SMILES string of the molecule is CCOC(=O)CCc1ccc(C(=O)OCC)cc1C(F)(F)F. The number of hydrogen-bond donors (Lipinski definition) is 0. The molecule has 0 aliphatic rings. The van der Waals surface area contributed by atoms with Crippen LogP contribution in [0.2, 0.25) is 0 Å². The molecule has 0 spiro atoms. The third-order valence-corrected chi connectivity index (χ3v) is 2.83. The van der Waals surface area contributed by atoms with Crippen LogP contribution < -0.4 is 0 Å². The van der Waals surface area contributed by atoms with E-state index in [2.05, 4.69) is 9.47 Å². The molecule has 22 heavy (non-hydrogen) atoms. The number of alkyl halides is 3. The highest BCUT2D eigenvalue weighted by Gasteiger charge is 2.34. The Labute approximate surface area is 126 Å². The molecule has 0 amide bonds. The summed E-state index contributed by atoms with van der Waals surface area (Å²) in [4.78, 5) is 22.8. The van der Waals surface area contributed by atoms with E-state index < -0.39 is 23.7 Å². The highest BCUT2D eigenvalue weighted by atomic mass is 19.4. The number of hydrogen-bond acceptors (Lipinski definition) is 4. The Balaban J connectivity index is 3.02. The van der Waals surface area contributed by atoms with Crippen LogP contribution in [0, 0.1) is 0 Å². The van der Waals surface area contributed by atoms with E-state index in [1.54, 1.807) is 13.8 Å². The van der Waals surface area contributed by atoms with Gasteiger partial charge in [0.15, 0.2) is 0 Å². The summed E-state index contributed by atoms with van der Waals surface area (Å²) in [6, 6.07) is 3.19. The highest BCUT2D eigenvalue weighted by molar-refractivity contribution is 5.89. The van der Waals surface area contributed by atoms with Gasteiger partial charge in [0.25, 0.3) is 0 Å². The van der Waals surface area contributed by atoms with Crippen LogP contribution in [-0.2, 0) is 26.9 Å². The molecule has 1 rings (SSSR count). The van der Waals surface area contributed by atoms with E-state index >= 15 is 0 Å². The first-order valence-corrected chi connectivity index (χ1v) is 6.82. The summed E-state index contributed by atoms with van der Waals surface area (Å²) >= 11 is 0. The molecule has 122 valence electrons. The minimum absolute atomic E-state index is 0.0615. The molecule has 0 atom stereocenters. The Morgan fingerprint density at radius 2 is 1.73 bits per heavy atom. The topological polar surface area (TPSA) is 52.6 Å². The van der Waals surface area contributed by atoms with E-state index in [1.807, 2.05) is 0 Å². The second-order valence-corrected chi connectivity index (χ2v) is 4.40. The van der Waals surface area contributed by atoms with Crippen molar-refractivity contribution in [3.63, 3.8) is 0 Å². The van der Waals surface area contributed by atoms with Crippen molar-refractivity contribution < 1.29 is 32.2 Å². The molecule has 0 heterocycles. The van der Waals surface area contributed by atoms with Crippen LogP contribution in [-0.4, -0.2) is 25.2 Å². The molecule has 0 fully saturated rings. The van der Waals surface area contributed by atoms with Gasteiger partial charge in [0.1, 0.15) is 0 Å². The summed E-state index contributed by atoms with van der Waals surface area (Å²) in [5.74, 6) is -1.38. The number of esters is 2. The fourth-order valence-electron chi connectivity index (χ4n) is 1.87. The summed E-state index contributed by atoms with van der Waals surface area (Å²) in [6.45, 7) is 3.43. The van der Waals surface area contributed by atoms with Gasteiger partial charge in [-0.3, -0.25) is 4.79 Å². The molecule has 0 bridgehead atoms. The lowest BCUT2D eigenvalue weighted by atomic mass is 9.99. The van der Waals surface area contributed by atoms with Gasteiger partial charge in [-0.15, -0.1) is 0 Å². The molecular weight excluding hydrogens is 301 g/mol. The van der Waals surface area contributed by atoms with Gasteiger partial charge < -0.3 is 9.47 Å². The van der Waals surface area contributed by atoms with Crippen LogP contribution in [0.5, 0.6) is 0 Å². The lowest BCUT2D eigenvalue weighted by Crippen LogP contribution is -2.14. The van der Waals surface area contributed by atoms with Crippen LogP contribution in [0.4, 0.5) is 13.2 Å². The lowest BCUT2D eigenvalue weighted by molar-refractivity contribution is -0.144. The predicted molar refractivity (Wildman–Crippen MR) is 72.4 cm³/mol. The standard InChI is InChI=1S/C15H17F3O4/c1-3-21-13(19)8-7-10-5-6-11(14(20)22-4-2)9-12(10)15(16,17)18/h5-6,9H,3-4,7-8H2,1-2H3. The van der Waals surface area contributed by atoms with Crippen LogP contribution in [0.15, 0.2) is 18.2 Å². The summed E-state index contributed by atoms with van der Waals surface area (Å²) < 4.78 is 48.6. The van der Waals surface area contributed by atoms with Gasteiger partial charge in [0.2, 0.25) is 0 Å². The van der Waals surface area contributed by atoms with Gasteiger partial charge in [-0.05, 0) is 38.0 Å². The molecule has 0 saturated carbocycles. The van der Waals surface area contributed by atoms with Crippen molar-refractivity contribution in [2.45, 2.75) is 32.9 Å². The molecular formula is C15H17F3O4. The Bertz CT molecular complexity index is 538. The van der Waals surface area contributed by atoms with Crippen LogP contribution in [0.25, 0.3) is 0 Å². The van der Waals surface area contributed by atoms with E-state index in [0.717, 1.165) is 6.07 Å². The quantitative estimate of drug-likeness (QED) is 0.755. The predicted octanol–water partition coefficient (Wildman–Crippen LogP) is 3.38. The van der Waals surface area contributed by atoms with Gasteiger partial charge in [0, 0.05) is 6.42 Å². The second kappa shape index (κ2) is 7.82. The van der Waals surface area contributed by atoms with Crippen molar-refractivity contribution >= 4 is 11.9 Å². The Morgan fingerprint density at radius 3 is 2.27 bits per heavy atom. The highest BCUT2D eigenvalue weighted by Crippen LogP contribution is 2.33. The number of aryl methyl sites for hydroxylation is 1. The zero-order chi connectivity index (χ0) is 16.8. The van der Waals surface area contributed by atoms with Gasteiger partial charge >= 0.3 is 18.1 Å². The molecule has 1 aromatic carbocycles. The van der Waals surface area contributed by atoms with E-state index in [1.165, 1.54) is 12.1 Å². The van der Waals surface area contributed by atoms with Crippen LogP contribution >= 0.6 is 0 Å². The molecule has 0 aromatic heterocycles. The minimum Gasteiger partial charge on any atom is -0.466 e. The maximum Gasteiger partial charge on any atom is 0.416 e. The largest absolute Gasteiger partial charge is 0.466 e. The average Bonchev–Trinajstić information content (AvgIpc) is 2.44. The van der Waals surface area contributed by atoms with Crippen molar-refractivity contribution in [1.29, 1.82) is 0 Å². The zero-order valence-electron chi connectivity index (χ0n) is 12.3. The summed E-state index contributed by atoms with van der Waals surface area (Å²) in [5.41, 5.74) is -1.18. The fourth-order valence-corrected chi connectivity index (χ4v) is 1.87. The molecule has 1 aromatic rings. The van der Waals surface area contributed by atoms with E-state index in [0.29, 0.717) is 0 Å². The summed E-state index contributed by atoms with van der Waals surface area (Å²) in [5, 5.41) is 0. The molecule has 4 nitrogen and oxygen atoms in total. The molecule has 7 heteroatoms. The maximum atomic E-state index is 13.1. The van der Waals surface area contributed by atoms with Crippen molar-refractivity contribution in [2.75, 3.05) is 13.2 Å². The molecule has 0 unspecified atom stereocenters. The van der Waals surface area contributed by atoms with E-state index in [9.17, 15) is 22.8 Å². The van der Waals surface area contributed by atoms with Gasteiger partial charge in [-0.25, -0.2) is 4.79 Å². The molecule has 0 radical (unpaired) electrons. The lowest BCUT2D eigenvalue weighted by Gasteiger charge is -2.14. The van der Waals surface area contributed by atoms with Crippen LogP contribution in [0.1, 0.15) is 41.8 Å². The Morgan fingerprint density at radius 1 is 1.09 bits per heavy atom. The van der Waals surface area contributed by atoms with Crippen molar-refractivity contribution in [1.82, 2.24) is 0 Å². The summed E-state index contributed by atoms with van der Waals surface area (Å²) in [7, 11) is 0. The Kier molecular flexibility index (Phi) is 6.39. The number of halogens is 3. The van der Waals surface area contributed by atoms with Crippen molar-refractivity contribution in [2.24, 2.45) is 0 Å². The number of ether oxygens (including phenoxy) is 2. The van der Waals surface area contributed by atoms with Gasteiger partial charge in [-0.1, -0.05) is 6.07 Å². The molecule has 0 aliphatic carbocycles.